The van der Waals surface area contributed by atoms with Crippen molar-refractivity contribution in [2.24, 2.45) is 5.92 Å². The molecular formula is C14H13ClO5. The van der Waals surface area contributed by atoms with Gasteiger partial charge in [-0.1, -0.05) is 23.7 Å². The fraction of sp³-hybridized carbons (Fsp3) is 0.214. The fourth-order valence-corrected chi connectivity index (χ4v) is 2.25. The topological polar surface area (TPSA) is 98.0 Å². The highest BCUT2D eigenvalue weighted by Crippen LogP contribution is 2.34. The highest BCUT2D eigenvalue weighted by Gasteiger charge is 2.40. The van der Waals surface area contributed by atoms with Gasteiger partial charge in [-0.05, 0) is 23.8 Å². The number of carbonyl (C=O) groups is 1. The Bertz CT molecular complexity index is 586. The number of phenols is 1. The SMILES string of the molecule is O=C(Cc1ccc(O)cc1)C1C=C(O)C(O)=CC1(O)Cl. The first-order chi connectivity index (χ1) is 9.29. The van der Waals surface area contributed by atoms with Crippen molar-refractivity contribution in [3.63, 3.8) is 0 Å². The lowest BCUT2D eigenvalue weighted by Gasteiger charge is -2.28. The minimum atomic E-state index is -2.08. The molecule has 2 atom stereocenters. The van der Waals surface area contributed by atoms with Crippen LogP contribution in [0.3, 0.4) is 0 Å². The van der Waals surface area contributed by atoms with Crippen molar-refractivity contribution < 1.29 is 25.2 Å². The zero-order valence-electron chi connectivity index (χ0n) is 10.3. The molecule has 106 valence electrons. The molecule has 0 fully saturated rings. The Morgan fingerprint density at radius 3 is 2.35 bits per heavy atom. The first-order valence-corrected chi connectivity index (χ1v) is 6.22. The van der Waals surface area contributed by atoms with E-state index < -0.39 is 28.3 Å². The predicted octanol–water partition coefficient (Wildman–Crippen LogP) is 1.94. The van der Waals surface area contributed by atoms with Crippen LogP contribution < -0.4 is 0 Å². The molecule has 1 aromatic rings. The second kappa shape index (κ2) is 5.19. The third-order valence-corrected chi connectivity index (χ3v) is 3.37. The zero-order chi connectivity index (χ0) is 14.9. The van der Waals surface area contributed by atoms with Gasteiger partial charge in [0, 0.05) is 12.5 Å². The number of halogens is 1. The van der Waals surface area contributed by atoms with E-state index in [1.807, 2.05) is 0 Å². The van der Waals surface area contributed by atoms with Crippen molar-refractivity contribution in [2.45, 2.75) is 11.5 Å². The molecule has 0 radical (unpaired) electrons. The van der Waals surface area contributed by atoms with Crippen molar-refractivity contribution in [2.75, 3.05) is 0 Å². The molecule has 1 aromatic carbocycles. The summed E-state index contributed by atoms with van der Waals surface area (Å²) in [6.07, 6.45) is 1.81. The van der Waals surface area contributed by atoms with Crippen molar-refractivity contribution in [1.29, 1.82) is 0 Å². The van der Waals surface area contributed by atoms with Gasteiger partial charge in [0.05, 0.1) is 5.92 Å². The molecular weight excluding hydrogens is 284 g/mol. The Balaban J connectivity index is 2.19. The Morgan fingerprint density at radius 2 is 1.75 bits per heavy atom. The first-order valence-electron chi connectivity index (χ1n) is 5.84. The van der Waals surface area contributed by atoms with Gasteiger partial charge < -0.3 is 20.4 Å². The molecule has 0 heterocycles. The van der Waals surface area contributed by atoms with Crippen LogP contribution >= 0.6 is 11.6 Å². The second-order valence-electron chi connectivity index (χ2n) is 4.60. The number of aliphatic hydroxyl groups excluding tert-OH is 2. The average Bonchev–Trinajstić information content (AvgIpc) is 2.36. The van der Waals surface area contributed by atoms with Gasteiger partial charge in [-0.2, -0.15) is 0 Å². The minimum Gasteiger partial charge on any atom is -0.508 e. The first kappa shape index (κ1) is 14.4. The smallest absolute Gasteiger partial charge is 0.174 e. The third-order valence-electron chi connectivity index (χ3n) is 3.02. The molecule has 6 heteroatoms. The van der Waals surface area contributed by atoms with Crippen molar-refractivity contribution >= 4 is 17.4 Å². The number of phenolic OH excluding ortho intramolecular Hbond substituents is 1. The van der Waals surface area contributed by atoms with E-state index in [-0.39, 0.29) is 12.2 Å². The maximum absolute atomic E-state index is 12.1. The Kier molecular flexibility index (Phi) is 3.74. The van der Waals surface area contributed by atoms with Gasteiger partial charge in [0.2, 0.25) is 0 Å². The van der Waals surface area contributed by atoms with E-state index in [0.717, 1.165) is 12.2 Å². The summed E-state index contributed by atoms with van der Waals surface area (Å²) in [7, 11) is 0. The molecule has 5 nitrogen and oxygen atoms in total. The number of ketones is 1. The molecule has 0 aromatic heterocycles. The normalized spacial score (nSPS) is 25.8. The largest absolute Gasteiger partial charge is 0.508 e. The van der Waals surface area contributed by atoms with E-state index in [0.29, 0.717) is 5.56 Å². The second-order valence-corrected chi connectivity index (χ2v) is 5.20. The molecule has 0 spiro atoms. The van der Waals surface area contributed by atoms with Crippen LogP contribution in [0.25, 0.3) is 0 Å². The van der Waals surface area contributed by atoms with Crippen molar-refractivity contribution in [3.05, 3.63) is 53.5 Å². The lowest BCUT2D eigenvalue weighted by molar-refractivity contribution is -0.124. The van der Waals surface area contributed by atoms with Crippen LogP contribution in [-0.2, 0) is 11.2 Å². The number of benzene rings is 1. The summed E-state index contributed by atoms with van der Waals surface area (Å²) in [6, 6.07) is 6.02. The molecule has 0 saturated carbocycles. The molecule has 0 amide bonds. The van der Waals surface area contributed by atoms with Crippen LogP contribution in [0, 0.1) is 5.92 Å². The van der Waals surface area contributed by atoms with Gasteiger partial charge in [-0.15, -0.1) is 0 Å². The molecule has 20 heavy (non-hydrogen) atoms. The number of alkyl halides is 1. The van der Waals surface area contributed by atoms with Crippen LogP contribution in [0.15, 0.2) is 47.9 Å². The number of aliphatic hydroxyl groups is 3. The summed E-state index contributed by atoms with van der Waals surface area (Å²) < 4.78 is 0. The van der Waals surface area contributed by atoms with Gasteiger partial charge in [0.1, 0.15) is 11.5 Å². The highest BCUT2D eigenvalue weighted by molar-refractivity contribution is 6.26. The van der Waals surface area contributed by atoms with Crippen LogP contribution in [0.5, 0.6) is 5.75 Å². The van der Waals surface area contributed by atoms with Gasteiger partial charge >= 0.3 is 0 Å². The summed E-state index contributed by atoms with van der Waals surface area (Å²) in [4.78, 5) is 12.1. The lowest BCUT2D eigenvalue weighted by atomic mass is 9.88. The van der Waals surface area contributed by atoms with Crippen LogP contribution in [0.2, 0.25) is 0 Å². The van der Waals surface area contributed by atoms with E-state index in [1.54, 1.807) is 12.1 Å². The van der Waals surface area contributed by atoms with Crippen molar-refractivity contribution in [1.82, 2.24) is 0 Å². The molecule has 2 unspecified atom stereocenters. The monoisotopic (exact) mass is 296 g/mol. The highest BCUT2D eigenvalue weighted by atomic mass is 35.5. The number of Topliss-reactive ketones (excluding diaryl/α,β-unsaturated/α-hetero) is 1. The molecule has 4 N–H and O–H groups in total. The van der Waals surface area contributed by atoms with E-state index in [1.165, 1.54) is 12.1 Å². The summed E-state index contributed by atoms with van der Waals surface area (Å²) in [5, 5.41) is 35.7. The van der Waals surface area contributed by atoms with Crippen LogP contribution in [0.4, 0.5) is 0 Å². The molecule has 1 aliphatic carbocycles. The molecule has 2 rings (SSSR count). The summed E-state index contributed by atoms with van der Waals surface area (Å²) >= 11 is 5.79. The fourth-order valence-electron chi connectivity index (χ4n) is 1.96. The molecule has 0 saturated heterocycles. The third kappa shape index (κ3) is 2.95. The van der Waals surface area contributed by atoms with E-state index >= 15 is 0 Å². The summed E-state index contributed by atoms with van der Waals surface area (Å²) in [5.41, 5.74) is 0.631. The molecule has 1 aliphatic rings. The Morgan fingerprint density at radius 1 is 1.15 bits per heavy atom. The molecule has 0 bridgehead atoms. The summed E-state index contributed by atoms with van der Waals surface area (Å²) in [5.74, 6) is -2.59. The van der Waals surface area contributed by atoms with Crippen molar-refractivity contribution in [3.8, 4) is 5.75 Å². The van der Waals surface area contributed by atoms with E-state index in [4.69, 9.17) is 16.7 Å². The average molecular weight is 297 g/mol. The standard InChI is InChI=1S/C14H13ClO5/c15-14(20)7-13(19)12(18)6-10(14)11(17)5-8-1-3-9(16)4-2-8/h1-4,6-7,10,16,18-20H,5H2. The van der Waals surface area contributed by atoms with E-state index in [9.17, 15) is 20.1 Å². The minimum absolute atomic E-state index is 0.0294. The lowest BCUT2D eigenvalue weighted by Crippen LogP contribution is -2.38. The quantitative estimate of drug-likeness (QED) is 0.639. The Labute approximate surface area is 120 Å². The number of rotatable bonds is 3. The number of carbonyl (C=O) groups excluding carboxylic acids is 1. The van der Waals surface area contributed by atoms with E-state index in [2.05, 4.69) is 0 Å². The van der Waals surface area contributed by atoms with Gasteiger partial charge in [-0.25, -0.2) is 0 Å². The Hall–Kier alpha value is -1.98. The predicted molar refractivity (Wildman–Crippen MR) is 72.5 cm³/mol. The zero-order valence-corrected chi connectivity index (χ0v) is 11.1. The maximum Gasteiger partial charge on any atom is 0.174 e. The van der Waals surface area contributed by atoms with Crippen LogP contribution in [0.1, 0.15) is 5.56 Å². The molecule has 0 aliphatic heterocycles. The van der Waals surface area contributed by atoms with Gasteiger partial charge in [0.15, 0.2) is 16.6 Å². The number of aromatic hydroxyl groups is 1. The van der Waals surface area contributed by atoms with Gasteiger partial charge in [0.25, 0.3) is 0 Å². The van der Waals surface area contributed by atoms with Gasteiger partial charge in [-0.3, -0.25) is 4.79 Å². The summed E-state index contributed by atoms with van der Waals surface area (Å²) in [6.45, 7) is 0. The number of hydrogen-bond donors (Lipinski definition) is 4. The van der Waals surface area contributed by atoms with Crippen LogP contribution in [-0.4, -0.2) is 31.3 Å². The maximum atomic E-state index is 12.1. The number of hydrogen-bond acceptors (Lipinski definition) is 5.